The van der Waals surface area contributed by atoms with Gasteiger partial charge in [0, 0.05) is 13.1 Å². The van der Waals surface area contributed by atoms with Gasteiger partial charge in [0.15, 0.2) is 0 Å². The molecule has 4 heteroatoms. The highest BCUT2D eigenvalue weighted by atomic mass is 16.6. The molecular formula is C15H25NO3. The molecule has 1 aliphatic carbocycles. The maximum absolute atomic E-state index is 12.0. The SMILES string of the molecule is CC(C)(C)OC(=O)N1CCC([C@H]2C[C@H]2C2CO2)CC1. The van der Waals surface area contributed by atoms with Crippen molar-refractivity contribution in [2.24, 2.45) is 17.8 Å². The normalized spacial score (nSPS) is 35.1. The summed E-state index contributed by atoms with van der Waals surface area (Å²) in [5.74, 6) is 2.50. The zero-order chi connectivity index (χ0) is 13.6. The van der Waals surface area contributed by atoms with Crippen molar-refractivity contribution >= 4 is 6.09 Å². The van der Waals surface area contributed by atoms with Crippen LogP contribution in [0.5, 0.6) is 0 Å². The molecule has 3 atom stereocenters. The summed E-state index contributed by atoms with van der Waals surface area (Å²) in [5, 5.41) is 0. The van der Waals surface area contributed by atoms with Crippen molar-refractivity contribution < 1.29 is 14.3 Å². The van der Waals surface area contributed by atoms with E-state index in [4.69, 9.17) is 9.47 Å². The summed E-state index contributed by atoms with van der Waals surface area (Å²) in [4.78, 5) is 13.8. The van der Waals surface area contributed by atoms with E-state index in [0.29, 0.717) is 6.10 Å². The lowest BCUT2D eigenvalue weighted by atomic mass is 9.90. The van der Waals surface area contributed by atoms with Gasteiger partial charge in [-0.05, 0) is 57.8 Å². The minimum Gasteiger partial charge on any atom is -0.444 e. The average molecular weight is 267 g/mol. The third-order valence-corrected chi connectivity index (χ3v) is 4.52. The maximum atomic E-state index is 12.0. The van der Waals surface area contributed by atoms with Crippen LogP contribution in [0.2, 0.25) is 0 Å². The topological polar surface area (TPSA) is 42.1 Å². The van der Waals surface area contributed by atoms with Crippen molar-refractivity contribution in [1.82, 2.24) is 4.90 Å². The Morgan fingerprint density at radius 2 is 1.84 bits per heavy atom. The number of carbonyl (C=O) groups excluding carboxylic acids is 1. The summed E-state index contributed by atoms with van der Waals surface area (Å²) in [6, 6.07) is 0. The number of epoxide rings is 1. The molecule has 0 N–H and O–H groups in total. The molecule has 0 bridgehead atoms. The standard InChI is InChI=1S/C15H25NO3/c1-15(2,3)19-14(17)16-6-4-10(5-7-16)11-8-12(11)13-9-18-13/h10-13H,4-9H2,1-3H3/t11-,12-,13?/m1/s1. The largest absolute Gasteiger partial charge is 0.444 e. The molecule has 108 valence electrons. The van der Waals surface area contributed by atoms with Crippen LogP contribution in [-0.4, -0.2) is 42.4 Å². The number of carbonyl (C=O) groups is 1. The Bertz CT molecular complexity index is 351. The Morgan fingerprint density at radius 3 is 2.37 bits per heavy atom. The van der Waals surface area contributed by atoms with E-state index < -0.39 is 5.60 Å². The summed E-state index contributed by atoms with van der Waals surface area (Å²) in [5.41, 5.74) is -0.390. The van der Waals surface area contributed by atoms with Crippen LogP contribution in [0.3, 0.4) is 0 Å². The van der Waals surface area contributed by atoms with E-state index in [0.717, 1.165) is 50.3 Å². The summed E-state index contributed by atoms with van der Waals surface area (Å²) < 4.78 is 10.8. The highest BCUT2D eigenvalue weighted by Gasteiger charge is 2.52. The number of ether oxygens (including phenoxy) is 2. The molecule has 2 heterocycles. The number of nitrogens with zero attached hydrogens (tertiary/aromatic N) is 1. The molecule has 1 amide bonds. The van der Waals surface area contributed by atoms with Gasteiger partial charge in [0.2, 0.25) is 0 Å². The fraction of sp³-hybridized carbons (Fsp3) is 0.933. The van der Waals surface area contributed by atoms with Crippen molar-refractivity contribution in [3.8, 4) is 0 Å². The van der Waals surface area contributed by atoms with Gasteiger partial charge in [-0.2, -0.15) is 0 Å². The zero-order valence-corrected chi connectivity index (χ0v) is 12.2. The minimum absolute atomic E-state index is 0.149. The number of rotatable bonds is 2. The first-order valence-electron chi connectivity index (χ1n) is 7.53. The second-order valence-electron chi connectivity index (χ2n) is 7.24. The summed E-state index contributed by atoms with van der Waals surface area (Å²) in [7, 11) is 0. The van der Waals surface area contributed by atoms with E-state index in [1.54, 1.807) is 0 Å². The second-order valence-corrected chi connectivity index (χ2v) is 7.24. The molecule has 1 saturated carbocycles. The van der Waals surface area contributed by atoms with Gasteiger partial charge in [0.05, 0.1) is 12.7 Å². The van der Waals surface area contributed by atoms with Crippen LogP contribution in [0.1, 0.15) is 40.0 Å². The lowest BCUT2D eigenvalue weighted by Crippen LogP contribution is -2.42. The van der Waals surface area contributed by atoms with Crippen LogP contribution in [-0.2, 0) is 9.47 Å². The third kappa shape index (κ3) is 3.22. The monoisotopic (exact) mass is 267 g/mol. The molecular weight excluding hydrogens is 242 g/mol. The lowest BCUT2D eigenvalue weighted by molar-refractivity contribution is 0.0173. The van der Waals surface area contributed by atoms with Crippen LogP contribution in [0, 0.1) is 17.8 Å². The van der Waals surface area contributed by atoms with Gasteiger partial charge < -0.3 is 14.4 Å². The molecule has 0 radical (unpaired) electrons. The Labute approximate surface area is 115 Å². The van der Waals surface area contributed by atoms with Crippen molar-refractivity contribution in [3.05, 3.63) is 0 Å². The van der Waals surface area contributed by atoms with Gasteiger partial charge in [-0.1, -0.05) is 0 Å². The van der Waals surface area contributed by atoms with Crippen LogP contribution in [0.15, 0.2) is 0 Å². The number of likely N-dealkylation sites (tertiary alicyclic amines) is 1. The average Bonchev–Trinajstić information content (AvgIpc) is 3.18. The van der Waals surface area contributed by atoms with Gasteiger partial charge in [-0.3, -0.25) is 0 Å². The van der Waals surface area contributed by atoms with Crippen molar-refractivity contribution in [2.45, 2.75) is 51.7 Å². The minimum atomic E-state index is -0.390. The quantitative estimate of drug-likeness (QED) is 0.722. The molecule has 1 unspecified atom stereocenters. The van der Waals surface area contributed by atoms with E-state index in [2.05, 4.69) is 0 Å². The molecule has 3 fully saturated rings. The molecule has 2 aliphatic heterocycles. The fourth-order valence-electron chi connectivity index (χ4n) is 3.34. The Balaban J connectivity index is 1.43. The summed E-state index contributed by atoms with van der Waals surface area (Å²) >= 11 is 0. The highest BCUT2D eigenvalue weighted by Crippen LogP contribution is 2.53. The van der Waals surface area contributed by atoms with Crippen LogP contribution < -0.4 is 0 Å². The van der Waals surface area contributed by atoms with E-state index in [1.807, 2.05) is 25.7 Å². The van der Waals surface area contributed by atoms with Gasteiger partial charge >= 0.3 is 6.09 Å². The molecule has 4 nitrogen and oxygen atoms in total. The smallest absolute Gasteiger partial charge is 0.410 e. The van der Waals surface area contributed by atoms with Gasteiger partial charge in [-0.25, -0.2) is 4.79 Å². The van der Waals surface area contributed by atoms with E-state index in [1.165, 1.54) is 6.42 Å². The Hall–Kier alpha value is -0.770. The summed E-state index contributed by atoms with van der Waals surface area (Å²) in [6.07, 6.45) is 4.04. The van der Waals surface area contributed by atoms with Crippen LogP contribution in [0.4, 0.5) is 4.79 Å². The molecule has 2 saturated heterocycles. The zero-order valence-electron chi connectivity index (χ0n) is 12.2. The van der Waals surface area contributed by atoms with Crippen LogP contribution >= 0.6 is 0 Å². The third-order valence-electron chi connectivity index (χ3n) is 4.52. The molecule has 0 aromatic carbocycles. The highest BCUT2D eigenvalue weighted by molar-refractivity contribution is 5.68. The van der Waals surface area contributed by atoms with Crippen molar-refractivity contribution in [3.63, 3.8) is 0 Å². The van der Waals surface area contributed by atoms with Crippen molar-refractivity contribution in [1.29, 1.82) is 0 Å². The number of piperidine rings is 1. The Morgan fingerprint density at radius 1 is 1.21 bits per heavy atom. The predicted octanol–water partition coefficient (Wildman–Crippen LogP) is 2.67. The number of amides is 1. The fourth-order valence-corrected chi connectivity index (χ4v) is 3.34. The second kappa shape index (κ2) is 4.65. The molecule has 19 heavy (non-hydrogen) atoms. The van der Waals surface area contributed by atoms with Gasteiger partial charge in [-0.15, -0.1) is 0 Å². The lowest BCUT2D eigenvalue weighted by Gasteiger charge is -2.33. The van der Waals surface area contributed by atoms with Gasteiger partial charge in [0.1, 0.15) is 5.60 Å². The first kappa shape index (κ1) is 13.2. The number of hydrogen-bond acceptors (Lipinski definition) is 3. The Kier molecular flexibility index (Phi) is 3.24. The molecule has 0 spiro atoms. The molecule has 3 rings (SSSR count). The number of hydrogen-bond donors (Lipinski definition) is 0. The van der Waals surface area contributed by atoms with E-state index >= 15 is 0 Å². The first-order valence-corrected chi connectivity index (χ1v) is 7.53. The first-order chi connectivity index (χ1) is 8.94. The van der Waals surface area contributed by atoms with Crippen LogP contribution in [0.25, 0.3) is 0 Å². The molecule has 3 aliphatic rings. The molecule has 0 aromatic rings. The van der Waals surface area contributed by atoms with E-state index in [-0.39, 0.29) is 6.09 Å². The van der Waals surface area contributed by atoms with E-state index in [9.17, 15) is 4.79 Å². The van der Waals surface area contributed by atoms with Crippen molar-refractivity contribution in [2.75, 3.05) is 19.7 Å². The molecule has 0 aromatic heterocycles. The predicted molar refractivity (Wildman–Crippen MR) is 71.9 cm³/mol. The van der Waals surface area contributed by atoms with Gasteiger partial charge in [0.25, 0.3) is 0 Å². The maximum Gasteiger partial charge on any atom is 0.410 e. The summed E-state index contributed by atoms with van der Waals surface area (Å²) in [6.45, 7) is 8.45.